The Balaban J connectivity index is 2.61. The lowest BCUT2D eigenvalue weighted by molar-refractivity contribution is -0.149. The molecule has 1 aromatic rings. The average Bonchev–Trinajstić information content (AvgIpc) is 2.22. The second-order valence-corrected chi connectivity index (χ2v) is 4.99. The van der Waals surface area contributed by atoms with Crippen molar-refractivity contribution in [2.75, 3.05) is 6.61 Å². The first-order valence-corrected chi connectivity index (χ1v) is 6.28. The van der Waals surface area contributed by atoms with Gasteiger partial charge in [-0.05, 0) is 51.0 Å². The van der Waals surface area contributed by atoms with Crippen molar-refractivity contribution in [1.29, 1.82) is 0 Å². The highest BCUT2D eigenvalue weighted by Gasteiger charge is 2.08. The number of halogens is 1. The molecular weight excluding hydrogens is 284 g/mol. The number of hydrogen-bond donors (Lipinski definition) is 0. The lowest BCUT2D eigenvalue weighted by Crippen LogP contribution is -2.18. The van der Waals surface area contributed by atoms with Crippen LogP contribution in [0.2, 0.25) is 0 Å². The number of hydrogen-bond acceptors (Lipinski definition) is 3. The Morgan fingerprint density at radius 3 is 2.29 bits per heavy atom. The summed E-state index contributed by atoms with van der Waals surface area (Å²) in [6, 6.07) is 3.78. The molecule has 3 nitrogen and oxygen atoms in total. The van der Waals surface area contributed by atoms with E-state index in [0.29, 0.717) is 5.75 Å². The van der Waals surface area contributed by atoms with Crippen molar-refractivity contribution in [3.63, 3.8) is 0 Å². The molecule has 0 saturated carbocycles. The van der Waals surface area contributed by atoms with Gasteiger partial charge in [-0.15, -0.1) is 0 Å². The molecule has 0 radical (unpaired) electrons. The van der Waals surface area contributed by atoms with Gasteiger partial charge < -0.3 is 9.47 Å². The van der Waals surface area contributed by atoms with Crippen LogP contribution in [0.1, 0.15) is 25.0 Å². The second kappa shape index (κ2) is 6.05. The zero-order valence-corrected chi connectivity index (χ0v) is 12.1. The molecule has 0 aliphatic heterocycles. The summed E-state index contributed by atoms with van der Waals surface area (Å²) < 4.78 is 11.4. The van der Waals surface area contributed by atoms with Crippen LogP contribution < -0.4 is 4.74 Å². The van der Waals surface area contributed by atoms with Crippen LogP contribution in [0.5, 0.6) is 5.75 Å². The molecule has 0 spiro atoms. The van der Waals surface area contributed by atoms with Crippen LogP contribution >= 0.6 is 15.9 Å². The van der Waals surface area contributed by atoms with Crippen molar-refractivity contribution in [1.82, 2.24) is 0 Å². The number of benzene rings is 1. The van der Waals surface area contributed by atoms with Crippen LogP contribution in [-0.2, 0) is 9.53 Å². The Labute approximate surface area is 110 Å². The molecule has 0 atom stereocenters. The van der Waals surface area contributed by atoms with Crippen molar-refractivity contribution in [3.05, 3.63) is 27.7 Å². The van der Waals surface area contributed by atoms with E-state index < -0.39 is 0 Å². The van der Waals surface area contributed by atoms with Crippen molar-refractivity contribution in [2.24, 2.45) is 0 Å². The summed E-state index contributed by atoms with van der Waals surface area (Å²) in [6.07, 6.45) is -0.112. The number of esters is 1. The number of carbonyl (C=O) groups is 1. The largest absolute Gasteiger partial charge is 0.482 e. The highest BCUT2D eigenvalue weighted by Crippen LogP contribution is 2.26. The smallest absolute Gasteiger partial charge is 0.344 e. The molecule has 0 aliphatic carbocycles. The summed E-state index contributed by atoms with van der Waals surface area (Å²) in [7, 11) is 0. The standard InChI is InChI=1S/C13H17BrO3/c1-8(2)17-12(15)7-16-11-5-9(3)13(14)10(4)6-11/h5-6,8H,7H2,1-4H3. The molecule has 0 amide bonds. The van der Waals surface area contributed by atoms with Gasteiger partial charge in [-0.1, -0.05) is 15.9 Å². The maximum absolute atomic E-state index is 11.3. The molecule has 0 bridgehead atoms. The molecular formula is C13H17BrO3. The second-order valence-electron chi connectivity index (χ2n) is 4.20. The molecule has 0 heterocycles. The van der Waals surface area contributed by atoms with E-state index in [9.17, 15) is 4.79 Å². The summed E-state index contributed by atoms with van der Waals surface area (Å²) in [5.41, 5.74) is 2.16. The topological polar surface area (TPSA) is 35.5 Å². The predicted molar refractivity (Wildman–Crippen MR) is 70.3 cm³/mol. The minimum absolute atomic E-state index is 0.0569. The summed E-state index contributed by atoms with van der Waals surface area (Å²) in [5, 5.41) is 0. The van der Waals surface area contributed by atoms with Crippen LogP contribution in [0.4, 0.5) is 0 Å². The summed E-state index contributed by atoms with van der Waals surface area (Å²) in [4.78, 5) is 11.3. The maximum atomic E-state index is 11.3. The Morgan fingerprint density at radius 2 is 1.82 bits per heavy atom. The zero-order chi connectivity index (χ0) is 13.0. The van der Waals surface area contributed by atoms with E-state index >= 15 is 0 Å². The van der Waals surface area contributed by atoms with Gasteiger partial charge in [0.1, 0.15) is 5.75 Å². The molecule has 0 aliphatic rings. The molecule has 0 unspecified atom stereocenters. The third-order valence-corrected chi connectivity index (χ3v) is 3.38. The lowest BCUT2D eigenvalue weighted by atomic mass is 10.1. The van der Waals surface area contributed by atoms with Crippen molar-refractivity contribution in [3.8, 4) is 5.75 Å². The fourth-order valence-corrected chi connectivity index (χ4v) is 1.66. The van der Waals surface area contributed by atoms with Gasteiger partial charge in [0, 0.05) is 4.47 Å². The fourth-order valence-electron chi connectivity index (χ4n) is 1.43. The molecule has 1 rings (SSSR count). The highest BCUT2D eigenvalue weighted by molar-refractivity contribution is 9.10. The molecule has 1 aromatic carbocycles. The van der Waals surface area contributed by atoms with Crippen LogP contribution in [0.25, 0.3) is 0 Å². The molecule has 0 saturated heterocycles. The van der Waals surface area contributed by atoms with E-state index in [-0.39, 0.29) is 18.7 Å². The van der Waals surface area contributed by atoms with Gasteiger partial charge in [0.2, 0.25) is 0 Å². The molecule has 0 aromatic heterocycles. The number of aryl methyl sites for hydroxylation is 2. The van der Waals surface area contributed by atoms with Crippen molar-refractivity contribution in [2.45, 2.75) is 33.8 Å². The van der Waals surface area contributed by atoms with Gasteiger partial charge in [-0.2, -0.15) is 0 Å². The van der Waals surface area contributed by atoms with Gasteiger partial charge in [0.25, 0.3) is 0 Å². The van der Waals surface area contributed by atoms with Gasteiger partial charge in [-0.3, -0.25) is 0 Å². The van der Waals surface area contributed by atoms with Gasteiger partial charge >= 0.3 is 5.97 Å². The van der Waals surface area contributed by atoms with Gasteiger partial charge in [0.15, 0.2) is 6.61 Å². The molecule has 94 valence electrons. The SMILES string of the molecule is Cc1cc(OCC(=O)OC(C)C)cc(C)c1Br. The Kier molecular flexibility index (Phi) is 5.00. The lowest BCUT2D eigenvalue weighted by Gasteiger charge is -2.11. The minimum atomic E-state index is -0.349. The fraction of sp³-hybridized carbons (Fsp3) is 0.462. The third-order valence-electron chi connectivity index (χ3n) is 2.13. The van der Waals surface area contributed by atoms with E-state index in [1.807, 2.05) is 39.8 Å². The number of ether oxygens (including phenoxy) is 2. The molecule has 0 fully saturated rings. The zero-order valence-electron chi connectivity index (χ0n) is 10.5. The van der Waals surface area contributed by atoms with E-state index in [2.05, 4.69) is 15.9 Å². The molecule has 4 heteroatoms. The highest BCUT2D eigenvalue weighted by atomic mass is 79.9. The molecule has 0 N–H and O–H groups in total. The monoisotopic (exact) mass is 300 g/mol. The quantitative estimate of drug-likeness (QED) is 0.800. The van der Waals surface area contributed by atoms with E-state index in [1.54, 1.807) is 0 Å². The Morgan fingerprint density at radius 1 is 1.29 bits per heavy atom. The van der Waals surface area contributed by atoms with E-state index in [4.69, 9.17) is 9.47 Å². The van der Waals surface area contributed by atoms with Crippen LogP contribution in [0.15, 0.2) is 16.6 Å². The van der Waals surface area contributed by atoms with Gasteiger partial charge in [0.05, 0.1) is 6.10 Å². The Bertz CT molecular complexity index is 390. The predicted octanol–water partition coefficient (Wildman–Crippen LogP) is 3.40. The maximum Gasteiger partial charge on any atom is 0.344 e. The summed E-state index contributed by atoms with van der Waals surface area (Å²) in [5.74, 6) is 0.335. The summed E-state index contributed by atoms with van der Waals surface area (Å²) >= 11 is 3.48. The number of rotatable bonds is 4. The van der Waals surface area contributed by atoms with Crippen LogP contribution in [-0.4, -0.2) is 18.7 Å². The van der Waals surface area contributed by atoms with Crippen molar-refractivity contribution < 1.29 is 14.3 Å². The first-order chi connectivity index (χ1) is 7.90. The Hall–Kier alpha value is -1.03. The summed E-state index contributed by atoms with van der Waals surface area (Å²) in [6.45, 7) is 7.53. The average molecular weight is 301 g/mol. The first kappa shape index (κ1) is 14.0. The van der Waals surface area contributed by atoms with Crippen LogP contribution in [0.3, 0.4) is 0 Å². The normalized spacial score (nSPS) is 10.5. The van der Waals surface area contributed by atoms with Crippen molar-refractivity contribution >= 4 is 21.9 Å². The van der Waals surface area contributed by atoms with Gasteiger partial charge in [-0.25, -0.2) is 4.79 Å². The van der Waals surface area contributed by atoms with E-state index in [1.165, 1.54) is 0 Å². The number of carbonyl (C=O) groups excluding carboxylic acids is 1. The third kappa shape index (κ3) is 4.38. The minimum Gasteiger partial charge on any atom is -0.482 e. The first-order valence-electron chi connectivity index (χ1n) is 5.49. The van der Waals surface area contributed by atoms with E-state index in [0.717, 1.165) is 15.6 Å². The molecule has 17 heavy (non-hydrogen) atoms. The van der Waals surface area contributed by atoms with Crippen LogP contribution in [0, 0.1) is 13.8 Å².